The van der Waals surface area contributed by atoms with Crippen molar-refractivity contribution in [3.05, 3.63) is 28.6 Å². The fourth-order valence-electron chi connectivity index (χ4n) is 3.02. The predicted octanol–water partition coefficient (Wildman–Crippen LogP) is 3.09. The van der Waals surface area contributed by atoms with E-state index in [1.807, 2.05) is 25.1 Å². The number of hydrogen-bond acceptors (Lipinski definition) is 6. The van der Waals surface area contributed by atoms with Crippen molar-refractivity contribution in [2.24, 2.45) is 0 Å². The molecule has 132 valence electrons. The summed E-state index contributed by atoms with van der Waals surface area (Å²) in [7, 11) is 3.05. The van der Waals surface area contributed by atoms with Gasteiger partial charge in [-0.25, -0.2) is 4.79 Å². The number of carbonyl (C=O) groups is 2. The third kappa shape index (κ3) is 2.74. The Balaban J connectivity index is 2.19. The van der Waals surface area contributed by atoms with E-state index in [2.05, 4.69) is 0 Å². The molecule has 2 aromatic rings. The van der Waals surface area contributed by atoms with Crippen LogP contribution in [0.25, 0.3) is 11.1 Å². The number of carbonyl (C=O) groups excluding carboxylic acids is 2. The van der Waals surface area contributed by atoms with Crippen LogP contribution in [-0.2, 0) is 16.0 Å². The third-order valence-electron chi connectivity index (χ3n) is 4.31. The maximum absolute atomic E-state index is 12.2. The Labute approximate surface area is 150 Å². The molecule has 1 aromatic heterocycles. The van der Waals surface area contributed by atoms with Gasteiger partial charge in [0.2, 0.25) is 0 Å². The van der Waals surface area contributed by atoms with E-state index in [1.54, 1.807) is 18.9 Å². The van der Waals surface area contributed by atoms with Gasteiger partial charge in [0.1, 0.15) is 16.3 Å². The smallest absolute Gasteiger partial charge is 0.341 e. The molecule has 0 fully saturated rings. The summed E-state index contributed by atoms with van der Waals surface area (Å²) in [5.74, 6) is 0.0630. The number of nitrogens with two attached hydrogens (primary N) is 1. The Morgan fingerprint density at radius 2 is 2.16 bits per heavy atom. The molecule has 6 nitrogen and oxygen atoms in total. The molecule has 0 spiro atoms. The Morgan fingerprint density at radius 1 is 1.44 bits per heavy atom. The number of nitrogens with zero attached hydrogens (tertiary/aromatic N) is 1. The molecule has 7 heteroatoms. The van der Waals surface area contributed by atoms with Crippen molar-refractivity contribution >= 4 is 33.9 Å². The topological polar surface area (TPSA) is 81.9 Å². The lowest BCUT2D eigenvalue weighted by Gasteiger charge is -2.30. The first-order valence-corrected chi connectivity index (χ1v) is 8.78. The van der Waals surface area contributed by atoms with Gasteiger partial charge in [-0.3, -0.25) is 4.79 Å². The van der Waals surface area contributed by atoms with Crippen LogP contribution in [0.15, 0.2) is 18.2 Å². The minimum atomic E-state index is -0.517. The van der Waals surface area contributed by atoms with Gasteiger partial charge < -0.3 is 20.1 Å². The average molecular weight is 360 g/mol. The van der Waals surface area contributed by atoms with Crippen molar-refractivity contribution in [2.45, 2.75) is 26.4 Å². The molecule has 1 unspecified atom stereocenters. The van der Waals surface area contributed by atoms with Gasteiger partial charge in [0, 0.05) is 17.5 Å². The SMILES string of the molecule is CCc1sc(N)c(C(=O)OC)c1-c1ccc2c(c1)N(C)C(=O)C(C)O2. The number of esters is 1. The van der Waals surface area contributed by atoms with E-state index in [1.165, 1.54) is 18.4 Å². The van der Waals surface area contributed by atoms with E-state index in [4.69, 9.17) is 15.2 Å². The highest BCUT2D eigenvalue weighted by Crippen LogP contribution is 2.43. The van der Waals surface area contributed by atoms with Gasteiger partial charge in [-0.1, -0.05) is 13.0 Å². The molecule has 1 aliphatic heterocycles. The van der Waals surface area contributed by atoms with Gasteiger partial charge in [-0.05, 0) is 31.0 Å². The van der Waals surface area contributed by atoms with Crippen LogP contribution in [0.5, 0.6) is 5.75 Å². The van der Waals surface area contributed by atoms with Crippen molar-refractivity contribution in [1.82, 2.24) is 0 Å². The number of aryl methyl sites for hydroxylation is 1. The van der Waals surface area contributed by atoms with E-state index in [0.29, 0.717) is 22.0 Å². The molecular formula is C18H20N2O4S. The lowest BCUT2D eigenvalue weighted by Crippen LogP contribution is -2.41. The van der Waals surface area contributed by atoms with Crippen LogP contribution in [0.1, 0.15) is 29.1 Å². The second kappa shape index (κ2) is 6.40. The fourth-order valence-corrected chi connectivity index (χ4v) is 4.04. The zero-order chi connectivity index (χ0) is 18.3. The van der Waals surface area contributed by atoms with E-state index >= 15 is 0 Å². The summed E-state index contributed by atoms with van der Waals surface area (Å²) in [4.78, 5) is 27.0. The Morgan fingerprint density at radius 3 is 2.80 bits per heavy atom. The second-order valence-electron chi connectivity index (χ2n) is 5.82. The highest BCUT2D eigenvalue weighted by atomic mass is 32.1. The van der Waals surface area contributed by atoms with E-state index in [-0.39, 0.29) is 5.91 Å². The molecule has 1 atom stereocenters. The summed E-state index contributed by atoms with van der Waals surface area (Å²) in [5.41, 5.74) is 8.68. The molecule has 25 heavy (non-hydrogen) atoms. The fraction of sp³-hybridized carbons (Fsp3) is 0.333. The summed E-state index contributed by atoms with van der Waals surface area (Å²) in [6.07, 6.45) is 0.220. The number of nitrogen functional groups attached to an aromatic ring is 1. The predicted molar refractivity (Wildman–Crippen MR) is 98.4 cm³/mol. The molecule has 1 amide bonds. The second-order valence-corrected chi connectivity index (χ2v) is 6.96. The van der Waals surface area contributed by atoms with E-state index < -0.39 is 12.1 Å². The zero-order valence-electron chi connectivity index (χ0n) is 14.6. The first-order chi connectivity index (χ1) is 11.9. The molecule has 1 aromatic carbocycles. The minimum Gasteiger partial charge on any atom is -0.479 e. The normalized spacial score (nSPS) is 16.4. The van der Waals surface area contributed by atoms with Crippen LogP contribution in [0.4, 0.5) is 10.7 Å². The molecule has 0 bridgehead atoms. The molecule has 3 rings (SSSR count). The summed E-state index contributed by atoms with van der Waals surface area (Å²) in [5, 5.41) is 0.436. The largest absolute Gasteiger partial charge is 0.479 e. The molecule has 0 saturated carbocycles. The lowest BCUT2D eigenvalue weighted by atomic mass is 9.98. The number of likely N-dealkylation sites (N-methyl/N-ethyl adjacent to an activating group) is 1. The van der Waals surface area contributed by atoms with Crippen molar-refractivity contribution in [3.8, 4) is 16.9 Å². The number of ether oxygens (including phenoxy) is 2. The number of rotatable bonds is 3. The first-order valence-electron chi connectivity index (χ1n) is 7.97. The summed E-state index contributed by atoms with van der Waals surface area (Å²) >= 11 is 1.38. The van der Waals surface area contributed by atoms with Crippen molar-refractivity contribution in [2.75, 3.05) is 24.8 Å². The van der Waals surface area contributed by atoms with Gasteiger partial charge in [-0.15, -0.1) is 11.3 Å². The molecular weight excluding hydrogens is 340 g/mol. The van der Waals surface area contributed by atoms with Crippen molar-refractivity contribution in [3.63, 3.8) is 0 Å². The summed E-state index contributed by atoms with van der Waals surface area (Å²) < 4.78 is 10.6. The van der Waals surface area contributed by atoms with Crippen LogP contribution in [0.3, 0.4) is 0 Å². The van der Waals surface area contributed by atoms with Crippen LogP contribution < -0.4 is 15.4 Å². The highest BCUT2D eigenvalue weighted by molar-refractivity contribution is 7.17. The van der Waals surface area contributed by atoms with Crippen LogP contribution in [0, 0.1) is 0 Å². The first kappa shape index (κ1) is 17.3. The van der Waals surface area contributed by atoms with Gasteiger partial charge in [-0.2, -0.15) is 0 Å². The Kier molecular flexibility index (Phi) is 4.43. The third-order valence-corrected chi connectivity index (χ3v) is 5.47. The van der Waals surface area contributed by atoms with Gasteiger partial charge >= 0.3 is 5.97 Å². The number of benzene rings is 1. The summed E-state index contributed by atoms with van der Waals surface area (Å²) in [6, 6.07) is 5.55. The Hall–Kier alpha value is -2.54. The summed E-state index contributed by atoms with van der Waals surface area (Å²) in [6.45, 7) is 3.73. The van der Waals surface area contributed by atoms with Gasteiger partial charge in [0.05, 0.1) is 12.8 Å². The number of amides is 1. The van der Waals surface area contributed by atoms with E-state index in [9.17, 15) is 9.59 Å². The van der Waals surface area contributed by atoms with Crippen LogP contribution >= 0.6 is 11.3 Å². The monoisotopic (exact) mass is 360 g/mol. The Bertz CT molecular complexity index is 859. The molecule has 0 radical (unpaired) electrons. The van der Waals surface area contributed by atoms with Crippen molar-refractivity contribution < 1.29 is 19.1 Å². The van der Waals surface area contributed by atoms with Gasteiger partial charge in [0.25, 0.3) is 5.91 Å². The quantitative estimate of drug-likeness (QED) is 0.851. The minimum absolute atomic E-state index is 0.113. The average Bonchev–Trinajstić information content (AvgIpc) is 2.95. The lowest BCUT2D eigenvalue weighted by molar-refractivity contribution is -0.125. The molecule has 2 N–H and O–H groups in total. The standard InChI is InChI=1S/C18H20N2O4S/c1-5-13-14(15(16(19)25-13)18(22)23-4)10-6-7-12-11(8-10)20(3)17(21)9(2)24-12/h6-9H,5,19H2,1-4H3. The van der Waals surface area contributed by atoms with Crippen molar-refractivity contribution in [1.29, 1.82) is 0 Å². The maximum atomic E-state index is 12.2. The maximum Gasteiger partial charge on any atom is 0.341 e. The van der Waals surface area contributed by atoms with Gasteiger partial charge in [0.15, 0.2) is 6.10 Å². The number of fused-ring (bicyclic) bond motifs is 1. The number of anilines is 2. The van der Waals surface area contributed by atoms with Crippen LogP contribution in [0.2, 0.25) is 0 Å². The van der Waals surface area contributed by atoms with E-state index in [0.717, 1.165) is 22.4 Å². The van der Waals surface area contributed by atoms with Crippen LogP contribution in [-0.4, -0.2) is 32.1 Å². The molecule has 2 heterocycles. The molecule has 0 aliphatic carbocycles. The highest BCUT2D eigenvalue weighted by Gasteiger charge is 2.30. The number of thiophene rings is 1. The molecule has 0 saturated heterocycles. The zero-order valence-corrected chi connectivity index (χ0v) is 15.4. The number of hydrogen-bond donors (Lipinski definition) is 1. The number of methoxy groups -OCH3 is 1. The molecule has 1 aliphatic rings.